The Balaban J connectivity index is 2.01. The van der Waals surface area contributed by atoms with Crippen LogP contribution in [-0.2, 0) is 17.6 Å². The van der Waals surface area contributed by atoms with E-state index in [1.54, 1.807) is 0 Å². The Morgan fingerprint density at radius 1 is 1.00 bits per heavy atom. The summed E-state index contributed by atoms with van der Waals surface area (Å²) in [6, 6.07) is 12.2. The second-order valence-electron chi connectivity index (χ2n) is 5.78. The zero-order chi connectivity index (χ0) is 15.1. The zero-order valence-corrected chi connectivity index (χ0v) is 12.1. The molecular weight excluding hydrogens is 276 g/mol. The molecule has 0 bridgehead atoms. The average Bonchev–Trinajstić information content (AvgIpc) is 2.90. The van der Waals surface area contributed by atoms with Gasteiger partial charge >= 0.3 is 0 Å². The summed E-state index contributed by atoms with van der Waals surface area (Å²) in [5, 5.41) is 15.2. The SMILES string of the molecule is O=C1Nc2c(cc(-c3ccccc3)c3c2CCCC3)C1=NO. The van der Waals surface area contributed by atoms with Crippen molar-refractivity contribution in [2.75, 3.05) is 5.32 Å². The zero-order valence-electron chi connectivity index (χ0n) is 12.1. The van der Waals surface area contributed by atoms with Crippen LogP contribution in [0.1, 0.15) is 29.5 Å². The maximum absolute atomic E-state index is 12.0. The molecule has 0 saturated carbocycles. The Morgan fingerprint density at radius 3 is 2.45 bits per heavy atom. The highest BCUT2D eigenvalue weighted by atomic mass is 16.4. The van der Waals surface area contributed by atoms with Gasteiger partial charge in [0.05, 0.1) is 5.69 Å². The molecule has 22 heavy (non-hydrogen) atoms. The summed E-state index contributed by atoms with van der Waals surface area (Å²) in [6.07, 6.45) is 4.27. The summed E-state index contributed by atoms with van der Waals surface area (Å²) >= 11 is 0. The smallest absolute Gasteiger partial charge is 0.278 e. The Hall–Kier alpha value is -2.62. The highest BCUT2D eigenvalue weighted by Gasteiger charge is 2.32. The number of carbonyl (C=O) groups excluding carboxylic acids is 1. The number of carbonyl (C=O) groups is 1. The number of anilines is 1. The van der Waals surface area contributed by atoms with Crippen LogP contribution in [0.15, 0.2) is 41.6 Å². The second-order valence-corrected chi connectivity index (χ2v) is 5.78. The standard InChI is InChI=1S/C18H16N2O2/c21-18-17(20-22)15-10-14(11-6-2-1-3-7-11)12-8-4-5-9-13(12)16(15)19-18/h1-3,6-7,10,22H,4-5,8-9H2,(H,19,20,21). The van der Waals surface area contributed by atoms with E-state index in [0.29, 0.717) is 5.56 Å². The van der Waals surface area contributed by atoms with Crippen LogP contribution in [0.2, 0.25) is 0 Å². The van der Waals surface area contributed by atoms with Gasteiger partial charge in [-0.2, -0.15) is 0 Å². The van der Waals surface area contributed by atoms with Crippen LogP contribution in [0.3, 0.4) is 0 Å². The molecule has 0 atom stereocenters. The number of amides is 1. The molecule has 0 fully saturated rings. The molecule has 0 unspecified atom stereocenters. The van der Waals surface area contributed by atoms with Crippen LogP contribution in [0.25, 0.3) is 11.1 Å². The molecule has 2 aliphatic rings. The predicted octanol–water partition coefficient (Wildman–Crippen LogP) is 3.36. The Morgan fingerprint density at radius 2 is 1.73 bits per heavy atom. The number of nitrogens with one attached hydrogen (secondary N) is 1. The van der Waals surface area contributed by atoms with Gasteiger partial charge in [0.25, 0.3) is 5.91 Å². The molecule has 2 aromatic carbocycles. The van der Waals surface area contributed by atoms with Crippen molar-refractivity contribution in [3.63, 3.8) is 0 Å². The number of oxime groups is 1. The Kier molecular flexibility index (Phi) is 2.96. The molecule has 0 radical (unpaired) electrons. The van der Waals surface area contributed by atoms with Crippen molar-refractivity contribution in [3.8, 4) is 11.1 Å². The molecular formula is C18H16N2O2. The van der Waals surface area contributed by atoms with Crippen molar-refractivity contribution in [1.82, 2.24) is 0 Å². The third-order valence-corrected chi connectivity index (χ3v) is 4.55. The highest BCUT2D eigenvalue weighted by molar-refractivity contribution is 6.54. The van der Waals surface area contributed by atoms with Crippen molar-refractivity contribution in [2.24, 2.45) is 5.16 Å². The summed E-state index contributed by atoms with van der Waals surface area (Å²) in [6.45, 7) is 0. The first kappa shape index (κ1) is 13.1. The summed E-state index contributed by atoms with van der Waals surface area (Å²) in [4.78, 5) is 12.0. The lowest BCUT2D eigenvalue weighted by Gasteiger charge is -2.22. The third kappa shape index (κ3) is 1.84. The van der Waals surface area contributed by atoms with Gasteiger partial charge < -0.3 is 10.5 Å². The van der Waals surface area contributed by atoms with Gasteiger partial charge in [-0.15, -0.1) is 0 Å². The lowest BCUT2D eigenvalue weighted by Crippen LogP contribution is -2.14. The fourth-order valence-corrected chi connectivity index (χ4v) is 3.54. The molecule has 110 valence electrons. The van der Waals surface area contributed by atoms with E-state index in [9.17, 15) is 10.0 Å². The lowest BCUT2D eigenvalue weighted by atomic mass is 9.83. The van der Waals surface area contributed by atoms with Gasteiger partial charge in [0.2, 0.25) is 0 Å². The molecule has 0 saturated heterocycles. The molecule has 2 aromatic rings. The third-order valence-electron chi connectivity index (χ3n) is 4.55. The largest absolute Gasteiger partial charge is 0.410 e. The van der Waals surface area contributed by atoms with E-state index in [1.165, 1.54) is 17.5 Å². The van der Waals surface area contributed by atoms with E-state index in [2.05, 4.69) is 22.6 Å². The van der Waals surface area contributed by atoms with E-state index in [1.807, 2.05) is 24.3 Å². The molecule has 4 heteroatoms. The van der Waals surface area contributed by atoms with Gasteiger partial charge in [0.1, 0.15) is 0 Å². The molecule has 4 nitrogen and oxygen atoms in total. The molecule has 1 amide bonds. The normalized spacial score (nSPS) is 18.0. The van der Waals surface area contributed by atoms with Crippen molar-refractivity contribution in [2.45, 2.75) is 25.7 Å². The first-order valence-electron chi connectivity index (χ1n) is 7.57. The highest BCUT2D eigenvalue weighted by Crippen LogP contribution is 2.40. The van der Waals surface area contributed by atoms with E-state index in [-0.39, 0.29) is 11.6 Å². The second kappa shape index (κ2) is 4.98. The first-order valence-corrected chi connectivity index (χ1v) is 7.57. The fourth-order valence-electron chi connectivity index (χ4n) is 3.54. The maximum atomic E-state index is 12.0. The van der Waals surface area contributed by atoms with Crippen LogP contribution in [0.4, 0.5) is 5.69 Å². The van der Waals surface area contributed by atoms with Crippen LogP contribution >= 0.6 is 0 Å². The van der Waals surface area contributed by atoms with Gasteiger partial charge in [0.15, 0.2) is 5.71 Å². The number of nitrogens with zero attached hydrogens (tertiary/aromatic N) is 1. The molecule has 0 spiro atoms. The van der Waals surface area contributed by atoms with Gasteiger partial charge in [-0.1, -0.05) is 35.5 Å². The van der Waals surface area contributed by atoms with E-state index >= 15 is 0 Å². The first-order chi connectivity index (χ1) is 10.8. The number of hydrogen-bond donors (Lipinski definition) is 2. The van der Waals surface area contributed by atoms with E-state index in [0.717, 1.165) is 36.1 Å². The monoisotopic (exact) mass is 292 g/mol. The van der Waals surface area contributed by atoms with Crippen LogP contribution in [0, 0.1) is 0 Å². The summed E-state index contributed by atoms with van der Waals surface area (Å²) in [7, 11) is 0. The van der Waals surface area contributed by atoms with Gasteiger partial charge in [-0.3, -0.25) is 4.79 Å². The Labute approximate surface area is 128 Å². The molecule has 2 N–H and O–H groups in total. The lowest BCUT2D eigenvalue weighted by molar-refractivity contribution is -0.110. The minimum absolute atomic E-state index is 0.112. The summed E-state index contributed by atoms with van der Waals surface area (Å²) in [5.74, 6) is -0.324. The van der Waals surface area contributed by atoms with Crippen molar-refractivity contribution < 1.29 is 10.0 Å². The topological polar surface area (TPSA) is 61.7 Å². The van der Waals surface area contributed by atoms with Crippen molar-refractivity contribution in [1.29, 1.82) is 0 Å². The van der Waals surface area contributed by atoms with Crippen LogP contribution in [0.5, 0.6) is 0 Å². The summed E-state index contributed by atoms with van der Waals surface area (Å²) in [5.41, 5.74) is 6.47. The number of rotatable bonds is 1. The minimum Gasteiger partial charge on any atom is -0.410 e. The van der Waals surface area contributed by atoms with Crippen molar-refractivity contribution >= 4 is 17.3 Å². The minimum atomic E-state index is -0.324. The van der Waals surface area contributed by atoms with Crippen LogP contribution < -0.4 is 5.32 Å². The maximum Gasteiger partial charge on any atom is 0.278 e. The molecule has 1 aliphatic carbocycles. The quantitative estimate of drug-likeness (QED) is 0.625. The van der Waals surface area contributed by atoms with Gasteiger partial charge in [0, 0.05) is 5.56 Å². The van der Waals surface area contributed by atoms with Gasteiger partial charge in [-0.25, -0.2) is 0 Å². The van der Waals surface area contributed by atoms with Gasteiger partial charge in [-0.05, 0) is 54.0 Å². The number of hydrogen-bond acceptors (Lipinski definition) is 3. The average molecular weight is 292 g/mol. The van der Waals surface area contributed by atoms with E-state index in [4.69, 9.17) is 0 Å². The molecule has 1 aliphatic heterocycles. The molecule has 0 aromatic heterocycles. The predicted molar refractivity (Wildman–Crippen MR) is 85.5 cm³/mol. The van der Waals surface area contributed by atoms with Crippen LogP contribution in [-0.4, -0.2) is 16.8 Å². The Bertz CT molecular complexity index is 794. The van der Waals surface area contributed by atoms with Crippen molar-refractivity contribution in [3.05, 3.63) is 53.1 Å². The molecule has 4 rings (SSSR count). The number of fused-ring (bicyclic) bond motifs is 3. The summed E-state index contributed by atoms with van der Waals surface area (Å²) < 4.78 is 0. The fraction of sp³-hybridized carbons (Fsp3) is 0.222. The van der Waals surface area contributed by atoms with E-state index < -0.39 is 0 Å². The molecule has 1 heterocycles. The number of benzene rings is 2.